The third-order valence-electron chi connectivity index (χ3n) is 4.84. The number of hydrogen-bond donors (Lipinski definition) is 1. The van der Waals surface area contributed by atoms with Gasteiger partial charge in [-0.05, 0) is 61.8 Å². The molecule has 8 heteroatoms. The smallest absolute Gasteiger partial charge is 0.280 e. The fraction of sp³-hybridized carbons (Fsp3) is 0.333. The Labute approximate surface area is 178 Å². The van der Waals surface area contributed by atoms with Crippen molar-refractivity contribution in [1.82, 2.24) is 14.9 Å². The van der Waals surface area contributed by atoms with Crippen LogP contribution in [-0.4, -0.2) is 26.9 Å². The van der Waals surface area contributed by atoms with Crippen molar-refractivity contribution < 1.29 is 9.59 Å². The van der Waals surface area contributed by atoms with E-state index in [2.05, 4.69) is 14.9 Å². The van der Waals surface area contributed by atoms with Crippen LogP contribution in [0.3, 0.4) is 0 Å². The highest BCUT2D eigenvalue weighted by Crippen LogP contribution is 2.34. The molecule has 6 nitrogen and oxygen atoms in total. The lowest BCUT2D eigenvalue weighted by molar-refractivity contribution is -0.124. The molecule has 2 aromatic heterocycles. The minimum absolute atomic E-state index is 0.223. The van der Waals surface area contributed by atoms with Crippen LogP contribution in [0.4, 0.5) is 5.69 Å². The minimum atomic E-state index is -0.809. The zero-order valence-electron chi connectivity index (χ0n) is 16.9. The molecule has 0 aliphatic heterocycles. The average Bonchev–Trinajstić information content (AvgIpc) is 3.40. The zero-order chi connectivity index (χ0) is 21.0. The van der Waals surface area contributed by atoms with Crippen LogP contribution < -0.4 is 10.2 Å². The molecule has 0 saturated heterocycles. The van der Waals surface area contributed by atoms with Gasteiger partial charge in [0.05, 0.1) is 0 Å². The molecule has 0 fully saturated rings. The Balaban J connectivity index is 2.14. The summed E-state index contributed by atoms with van der Waals surface area (Å²) in [6.07, 6.45) is 0.768. The lowest BCUT2D eigenvalue weighted by atomic mass is 10.0. The van der Waals surface area contributed by atoms with Gasteiger partial charge in [-0.15, -0.1) is 16.4 Å². The van der Waals surface area contributed by atoms with Crippen LogP contribution in [0, 0.1) is 6.92 Å². The molecule has 0 saturated carbocycles. The van der Waals surface area contributed by atoms with E-state index in [0.717, 1.165) is 28.4 Å². The summed E-state index contributed by atoms with van der Waals surface area (Å²) in [5.41, 5.74) is 1.40. The summed E-state index contributed by atoms with van der Waals surface area (Å²) >= 11 is 2.56. The highest BCUT2D eigenvalue weighted by molar-refractivity contribution is 7.10. The van der Waals surface area contributed by atoms with Crippen LogP contribution in [0.5, 0.6) is 0 Å². The van der Waals surface area contributed by atoms with E-state index in [1.807, 2.05) is 69.5 Å². The van der Waals surface area contributed by atoms with Gasteiger partial charge in [0.15, 0.2) is 11.7 Å². The van der Waals surface area contributed by atoms with Crippen molar-refractivity contribution in [2.75, 3.05) is 4.90 Å². The first-order chi connectivity index (χ1) is 13.8. The van der Waals surface area contributed by atoms with Crippen LogP contribution in [0.2, 0.25) is 0 Å². The Hall–Kier alpha value is -2.58. The zero-order valence-corrected chi connectivity index (χ0v) is 18.5. The summed E-state index contributed by atoms with van der Waals surface area (Å²) in [7, 11) is 0. The van der Waals surface area contributed by atoms with Crippen molar-refractivity contribution in [3.63, 3.8) is 0 Å². The Morgan fingerprint density at radius 1 is 1.21 bits per heavy atom. The van der Waals surface area contributed by atoms with E-state index in [1.165, 1.54) is 11.3 Å². The lowest BCUT2D eigenvalue weighted by Gasteiger charge is -2.34. The summed E-state index contributed by atoms with van der Waals surface area (Å²) in [4.78, 5) is 29.3. The fourth-order valence-corrected chi connectivity index (χ4v) is 4.13. The van der Waals surface area contributed by atoms with Gasteiger partial charge in [-0.25, -0.2) is 0 Å². The van der Waals surface area contributed by atoms with Gasteiger partial charge >= 0.3 is 0 Å². The van der Waals surface area contributed by atoms with Crippen molar-refractivity contribution in [2.45, 2.75) is 45.7 Å². The highest BCUT2D eigenvalue weighted by Gasteiger charge is 2.37. The molecule has 0 aliphatic rings. The molecule has 0 spiro atoms. The van der Waals surface area contributed by atoms with Crippen LogP contribution >= 0.6 is 22.9 Å². The molecule has 1 N–H and O–H groups in total. The Bertz CT molecular complexity index is 969. The van der Waals surface area contributed by atoms with E-state index in [4.69, 9.17) is 0 Å². The number of para-hydroxylation sites is 1. The molecule has 3 rings (SSSR count). The number of anilines is 1. The van der Waals surface area contributed by atoms with Crippen LogP contribution in [0.15, 0.2) is 47.2 Å². The number of hydrogen-bond acceptors (Lipinski definition) is 6. The molecule has 1 atom stereocenters. The number of nitrogens with one attached hydrogen (secondary N) is 1. The first-order valence-electron chi connectivity index (χ1n) is 9.35. The van der Waals surface area contributed by atoms with Crippen LogP contribution in [-0.2, 0) is 4.79 Å². The van der Waals surface area contributed by atoms with E-state index < -0.39 is 11.6 Å². The quantitative estimate of drug-likeness (QED) is 0.597. The first kappa shape index (κ1) is 21.1. The minimum Gasteiger partial charge on any atom is -0.349 e. The molecular formula is C21H24N4O2S2. The van der Waals surface area contributed by atoms with Gasteiger partial charge in [-0.1, -0.05) is 35.7 Å². The van der Waals surface area contributed by atoms with E-state index >= 15 is 0 Å². The monoisotopic (exact) mass is 428 g/mol. The summed E-state index contributed by atoms with van der Waals surface area (Å²) in [6, 6.07) is 10.5. The van der Waals surface area contributed by atoms with Crippen LogP contribution in [0.25, 0.3) is 0 Å². The van der Waals surface area contributed by atoms with Gasteiger partial charge in [-0.2, -0.15) is 0 Å². The first-order valence-corrected chi connectivity index (χ1v) is 11.1. The summed E-state index contributed by atoms with van der Waals surface area (Å²) < 4.78 is 3.83. The number of amides is 2. The third-order valence-corrected chi connectivity index (χ3v) is 6.27. The molecule has 152 valence electrons. The molecule has 0 unspecified atom stereocenters. The van der Waals surface area contributed by atoms with E-state index in [1.54, 1.807) is 10.3 Å². The maximum atomic E-state index is 13.5. The normalized spacial score (nSPS) is 12.4. The number of rotatable bonds is 7. The van der Waals surface area contributed by atoms with Gasteiger partial charge in [0, 0.05) is 21.5 Å². The standard InChI is InChI=1S/C21H24N4O2S2/c1-5-21(3,4)22-19(26)18(17-11-8-12-28-17)25(16-10-7-6-9-14(16)2)20(27)15-13-29-24-23-15/h6-13,18H,5H2,1-4H3,(H,22,26)/t18-/m1/s1. The van der Waals surface area contributed by atoms with Crippen molar-refractivity contribution >= 4 is 40.4 Å². The molecule has 0 aliphatic carbocycles. The number of nitrogens with zero attached hydrogens (tertiary/aromatic N) is 3. The van der Waals surface area contributed by atoms with E-state index in [-0.39, 0.29) is 17.5 Å². The number of carbonyl (C=O) groups excluding carboxylic acids is 2. The molecule has 29 heavy (non-hydrogen) atoms. The Morgan fingerprint density at radius 2 is 1.97 bits per heavy atom. The van der Waals surface area contributed by atoms with Crippen molar-refractivity contribution in [2.24, 2.45) is 0 Å². The van der Waals surface area contributed by atoms with Gasteiger partial charge in [0.2, 0.25) is 5.91 Å². The predicted molar refractivity (Wildman–Crippen MR) is 117 cm³/mol. The highest BCUT2D eigenvalue weighted by atomic mass is 32.1. The van der Waals surface area contributed by atoms with Crippen molar-refractivity contribution in [3.8, 4) is 0 Å². The summed E-state index contributed by atoms with van der Waals surface area (Å²) in [5.74, 6) is -0.574. The number of aryl methyl sites for hydroxylation is 1. The van der Waals surface area contributed by atoms with Gasteiger partial charge in [-0.3, -0.25) is 14.5 Å². The van der Waals surface area contributed by atoms with E-state index in [9.17, 15) is 9.59 Å². The average molecular weight is 429 g/mol. The largest absolute Gasteiger partial charge is 0.349 e. The second-order valence-electron chi connectivity index (χ2n) is 7.40. The summed E-state index contributed by atoms with van der Waals surface area (Å²) in [6.45, 7) is 7.89. The van der Waals surface area contributed by atoms with Crippen molar-refractivity contribution in [3.05, 3.63) is 63.3 Å². The lowest BCUT2D eigenvalue weighted by Crippen LogP contribution is -2.50. The van der Waals surface area contributed by atoms with Crippen LogP contribution in [0.1, 0.15) is 54.2 Å². The third kappa shape index (κ3) is 4.71. The number of thiophene rings is 1. The number of aromatic nitrogens is 2. The number of benzene rings is 1. The SMILES string of the molecule is CCC(C)(C)NC(=O)[C@@H](c1cccs1)N(C(=O)c1csnn1)c1ccccc1C. The Morgan fingerprint density at radius 3 is 2.55 bits per heavy atom. The van der Waals surface area contributed by atoms with Crippen molar-refractivity contribution in [1.29, 1.82) is 0 Å². The van der Waals surface area contributed by atoms with Gasteiger partial charge in [0.25, 0.3) is 5.91 Å². The topological polar surface area (TPSA) is 75.2 Å². The second-order valence-corrected chi connectivity index (χ2v) is 8.99. The maximum absolute atomic E-state index is 13.5. The van der Waals surface area contributed by atoms with Gasteiger partial charge in [0.1, 0.15) is 0 Å². The molecule has 3 aromatic rings. The molecule has 0 bridgehead atoms. The predicted octanol–water partition coefficient (Wildman–Crippen LogP) is 4.60. The fourth-order valence-electron chi connectivity index (χ4n) is 2.89. The maximum Gasteiger partial charge on any atom is 0.280 e. The summed E-state index contributed by atoms with van der Waals surface area (Å²) in [5, 5.41) is 10.6. The van der Waals surface area contributed by atoms with Gasteiger partial charge < -0.3 is 5.32 Å². The second kappa shape index (κ2) is 8.84. The molecule has 0 radical (unpaired) electrons. The molecular weight excluding hydrogens is 404 g/mol. The molecule has 2 amide bonds. The molecule has 2 heterocycles. The number of carbonyl (C=O) groups is 2. The van der Waals surface area contributed by atoms with E-state index in [0.29, 0.717) is 5.69 Å². The Kier molecular flexibility index (Phi) is 6.44. The molecule has 1 aromatic carbocycles.